The van der Waals surface area contributed by atoms with Crippen LogP contribution in [-0.2, 0) is 0 Å². The number of aromatic nitrogens is 1. The smallest absolute Gasteiger partial charge is 0.260 e. The normalized spacial score (nSPS) is 17.2. The molecule has 142 valence electrons. The summed E-state index contributed by atoms with van der Waals surface area (Å²) in [5, 5.41) is 3.58. The van der Waals surface area contributed by atoms with Crippen LogP contribution in [0.2, 0.25) is 0 Å². The second kappa shape index (κ2) is 7.10. The molecule has 1 aliphatic heterocycles. The lowest BCUT2D eigenvalue weighted by Gasteiger charge is -2.26. The van der Waals surface area contributed by atoms with E-state index in [-0.39, 0.29) is 5.91 Å². The highest BCUT2D eigenvalue weighted by atomic mass is 16.5. The Hall–Kier alpha value is -2.76. The number of benzene rings is 1. The van der Waals surface area contributed by atoms with Gasteiger partial charge in [0, 0.05) is 26.2 Å². The second-order valence-corrected chi connectivity index (χ2v) is 7.32. The molecular formula is C21H26N4O2. The van der Waals surface area contributed by atoms with Crippen LogP contribution in [0, 0.1) is 0 Å². The topological polar surface area (TPSA) is 57.7 Å². The highest BCUT2D eigenvalue weighted by Crippen LogP contribution is 2.44. The first kappa shape index (κ1) is 17.6. The SMILES string of the molecule is COc1cccc2c1N(C)c1cc(NC3CCCCC3)ncc1N(C)C2=O. The van der Waals surface area contributed by atoms with Crippen LogP contribution in [0.5, 0.6) is 5.75 Å². The quantitative estimate of drug-likeness (QED) is 0.882. The van der Waals surface area contributed by atoms with E-state index in [1.54, 1.807) is 25.3 Å². The Kier molecular flexibility index (Phi) is 4.64. The number of nitrogens with one attached hydrogen (secondary N) is 1. The van der Waals surface area contributed by atoms with Crippen LogP contribution in [0.15, 0.2) is 30.5 Å². The lowest BCUT2D eigenvalue weighted by Crippen LogP contribution is -2.26. The molecule has 2 heterocycles. The van der Waals surface area contributed by atoms with Crippen molar-refractivity contribution in [2.24, 2.45) is 0 Å². The molecule has 0 unspecified atom stereocenters. The number of carbonyl (C=O) groups excluding carboxylic acids is 1. The maximum absolute atomic E-state index is 13.0. The molecule has 1 aromatic heterocycles. The monoisotopic (exact) mass is 366 g/mol. The second-order valence-electron chi connectivity index (χ2n) is 7.32. The molecule has 0 bridgehead atoms. The molecular weight excluding hydrogens is 340 g/mol. The van der Waals surface area contributed by atoms with Gasteiger partial charge in [0.25, 0.3) is 5.91 Å². The van der Waals surface area contributed by atoms with Crippen molar-refractivity contribution >= 4 is 28.8 Å². The summed E-state index contributed by atoms with van der Waals surface area (Å²) in [5.74, 6) is 1.47. The molecule has 1 aliphatic carbocycles. The van der Waals surface area contributed by atoms with Crippen molar-refractivity contribution in [1.82, 2.24) is 4.98 Å². The van der Waals surface area contributed by atoms with Gasteiger partial charge in [-0.2, -0.15) is 0 Å². The summed E-state index contributed by atoms with van der Waals surface area (Å²) in [6, 6.07) is 8.09. The highest BCUT2D eigenvalue weighted by Gasteiger charge is 2.30. The third-order valence-electron chi connectivity index (χ3n) is 5.63. The standard InChI is InChI=1S/C21H26N4O2/c1-24-16-12-19(23-14-8-5-4-6-9-14)22-13-17(16)25(2)21(26)15-10-7-11-18(27-3)20(15)24/h7,10-14H,4-6,8-9H2,1-3H3,(H,22,23). The van der Waals surface area contributed by atoms with E-state index in [0.29, 0.717) is 17.4 Å². The van der Waals surface area contributed by atoms with E-state index in [4.69, 9.17) is 4.74 Å². The van der Waals surface area contributed by atoms with Gasteiger partial charge in [-0.3, -0.25) is 4.79 Å². The number of anilines is 4. The molecule has 1 N–H and O–H groups in total. The van der Waals surface area contributed by atoms with E-state index in [2.05, 4.69) is 10.3 Å². The average molecular weight is 366 g/mol. The Morgan fingerprint density at radius 3 is 2.63 bits per heavy atom. The average Bonchev–Trinajstić information content (AvgIpc) is 2.79. The van der Waals surface area contributed by atoms with Crippen LogP contribution < -0.4 is 19.9 Å². The zero-order chi connectivity index (χ0) is 19.0. The fourth-order valence-electron chi connectivity index (χ4n) is 4.12. The number of rotatable bonds is 3. The molecule has 0 spiro atoms. The van der Waals surface area contributed by atoms with E-state index in [0.717, 1.165) is 22.9 Å². The first-order valence-corrected chi connectivity index (χ1v) is 9.55. The van der Waals surface area contributed by atoms with Crippen LogP contribution in [-0.4, -0.2) is 38.1 Å². The largest absolute Gasteiger partial charge is 0.495 e. The number of para-hydroxylation sites is 1. The maximum Gasteiger partial charge on any atom is 0.260 e. The van der Waals surface area contributed by atoms with Crippen LogP contribution in [0.3, 0.4) is 0 Å². The third-order valence-corrected chi connectivity index (χ3v) is 5.63. The highest BCUT2D eigenvalue weighted by molar-refractivity contribution is 6.14. The molecule has 6 nitrogen and oxygen atoms in total. The van der Waals surface area contributed by atoms with E-state index in [1.807, 2.05) is 36.2 Å². The minimum atomic E-state index is -0.0655. The Morgan fingerprint density at radius 2 is 1.89 bits per heavy atom. The first-order chi connectivity index (χ1) is 13.1. The molecule has 0 radical (unpaired) electrons. The number of ether oxygens (including phenoxy) is 1. The number of fused-ring (bicyclic) bond motifs is 2. The number of pyridine rings is 1. The molecule has 2 aliphatic rings. The minimum Gasteiger partial charge on any atom is -0.495 e. The number of hydrogen-bond acceptors (Lipinski definition) is 5. The van der Waals surface area contributed by atoms with Crippen LogP contribution in [0.1, 0.15) is 42.5 Å². The molecule has 4 rings (SSSR count). The summed E-state index contributed by atoms with van der Waals surface area (Å²) in [5.41, 5.74) is 3.13. The lowest BCUT2D eigenvalue weighted by molar-refractivity contribution is 0.0994. The molecule has 1 saturated carbocycles. The van der Waals surface area contributed by atoms with Gasteiger partial charge in [-0.15, -0.1) is 0 Å². The number of amides is 1. The van der Waals surface area contributed by atoms with Crippen molar-refractivity contribution in [1.29, 1.82) is 0 Å². The molecule has 1 aromatic carbocycles. The summed E-state index contributed by atoms with van der Waals surface area (Å²) in [6.45, 7) is 0. The van der Waals surface area contributed by atoms with Gasteiger partial charge in [-0.1, -0.05) is 25.3 Å². The molecule has 1 amide bonds. The molecule has 27 heavy (non-hydrogen) atoms. The van der Waals surface area contributed by atoms with E-state index in [9.17, 15) is 4.79 Å². The third kappa shape index (κ3) is 3.09. The lowest BCUT2D eigenvalue weighted by atomic mass is 9.95. The van der Waals surface area contributed by atoms with Crippen LogP contribution >= 0.6 is 0 Å². The first-order valence-electron chi connectivity index (χ1n) is 9.55. The summed E-state index contributed by atoms with van der Waals surface area (Å²) in [6.07, 6.45) is 8.01. The van der Waals surface area contributed by atoms with E-state index >= 15 is 0 Å². The predicted molar refractivity (Wildman–Crippen MR) is 109 cm³/mol. The van der Waals surface area contributed by atoms with Gasteiger partial charge in [0.05, 0.1) is 35.9 Å². The minimum absolute atomic E-state index is 0.0655. The molecule has 0 saturated heterocycles. The molecule has 0 atom stereocenters. The van der Waals surface area contributed by atoms with E-state index in [1.165, 1.54) is 32.1 Å². The van der Waals surface area contributed by atoms with Crippen molar-refractivity contribution in [3.8, 4) is 5.75 Å². The fraction of sp³-hybridized carbons (Fsp3) is 0.429. The molecule has 6 heteroatoms. The van der Waals surface area contributed by atoms with Gasteiger partial charge in [-0.05, 0) is 25.0 Å². The predicted octanol–water partition coefficient (Wildman–Crippen LogP) is 4.19. The summed E-state index contributed by atoms with van der Waals surface area (Å²) < 4.78 is 5.55. The zero-order valence-corrected chi connectivity index (χ0v) is 16.2. The van der Waals surface area contributed by atoms with Gasteiger partial charge in [-0.25, -0.2) is 4.98 Å². The zero-order valence-electron chi connectivity index (χ0n) is 16.2. The summed E-state index contributed by atoms with van der Waals surface area (Å²) in [4.78, 5) is 21.3. The number of nitrogens with zero attached hydrogens (tertiary/aromatic N) is 3. The molecule has 1 fully saturated rings. The Morgan fingerprint density at radius 1 is 1.11 bits per heavy atom. The van der Waals surface area contributed by atoms with Crippen molar-refractivity contribution in [3.05, 3.63) is 36.0 Å². The Bertz CT molecular complexity index is 861. The van der Waals surface area contributed by atoms with Gasteiger partial charge >= 0.3 is 0 Å². The van der Waals surface area contributed by atoms with Gasteiger partial charge < -0.3 is 19.9 Å². The van der Waals surface area contributed by atoms with E-state index < -0.39 is 0 Å². The molecule has 2 aromatic rings. The summed E-state index contributed by atoms with van der Waals surface area (Å²) in [7, 11) is 5.39. The Balaban J connectivity index is 1.77. The Labute approximate surface area is 160 Å². The number of methoxy groups -OCH3 is 1. The van der Waals surface area contributed by atoms with Gasteiger partial charge in [0.15, 0.2) is 0 Å². The fourth-order valence-corrected chi connectivity index (χ4v) is 4.12. The van der Waals surface area contributed by atoms with Crippen molar-refractivity contribution < 1.29 is 9.53 Å². The van der Waals surface area contributed by atoms with Crippen LogP contribution in [0.4, 0.5) is 22.9 Å². The maximum atomic E-state index is 13.0. The van der Waals surface area contributed by atoms with Crippen molar-refractivity contribution in [3.63, 3.8) is 0 Å². The van der Waals surface area contributed by atoms with Crippen molar-refractivity contribution in [2.45, 2.75) is 38.1 Å². The summed E-state index contributed by atoms with van der Waals surface area (Å²) >= 11 is 0. The van der Waals surface area contributed by atoms with Crippen molar-refractivity contribution in [2.75, 3.05) is 36.3 Å². The van der Waals surface area contributed by atoms with Gasteiger partial charge in [0.1, 0.15) is 11.6 Å². The van der Waals surface area contributed by atoms with Crippen LogP contribution in [0.25, 0.3) is 0 Å². The number of hydrogen-bond donors (Lipinski definition) is 1. The van der Waals surface area contributed by atoms with Gasteiger partial charge in [0.2, 0.25) is 0 Å². The number of carbonyl (C=O) groups is 1.